The molecule has 0 spiro atoms. The summed E-state index contributed by atoms with van der Waals surface area (Å²) in [4.78, 5) is 14.3. The fourth-order valence-electron chi connectivity index (χ4n) is 5.27. The molecule has 6 nitrogen and oxygen atoms in total. The lowest BCUT2D eigenvalue weighted by Crippen LogP contribution is -2.66. The summed E-state index contributed by atoms with van der Waals surface area (Å²) in [7, 11) is -1.02. The minimum atomic E-state index is -3.18. The number of hydrogen-bond donors (Lipinski definition) is 2. The number of carboxylic acid groups (broad SMARTS) is 1. The van der Waals surface area contributed by atoms with E-state index in [4.69, 9.17) is 0 Å². The number of fused-ring (bicyclic) bond motifs is 4. The van der Waals surface area contributed by atoms with Gasteiger partial charge in [-0.1, -0.05) is 25.1 Å². The number of piperidine rings is 1. The maximum absolute atomic E-state index is 11.7. The average Bonchev–Trinajstić information content (AvgIpc) is 2.72. The number of likely N-dealkylation sites (tertiary alicyclic amines) is 1. The van der Waals surface area contributed by atoms with Crippen molar-refractivity contribution in [2.24, 2.45) is 0 Å². The van der Waals surface area contributed by atoms with E-state index in [2.05, 4.69) is 24.2 Å². The second kappa shape index (κ2) is 8.04. The molecule has 0 aromatic heterocycles. The van der Waals surface area contributed by atoms with E-state index in [-0.39, 0.29) is 11.5 Å². The third-order valence-electron chi connectivity index (χ3n) is 7.15. The summed E-state index contributed by atoms with van der Waals surface area (Å²) in [5.41, 5.74) is 3.72. The quantitative estimate of drug-likeness (QED) is 0.715. The molecule has 2 N–H and O–H groups in total. The molecule has 1 aliphatic carbocycles. The van der Waals surface area contributed by atoms with Gasteiger partial charge in [-0.25, -0.2) is 13.2 Å². The SMILES string of the molecule is CN1CCC2(C)c3cc(C(=O)O)ccc3C[C@@H]1[C@H]2NCCc1ccc(S(C)(=O)=O)cc1. The minimum absolute atomic E-state index is 0.129. The summed E-state index contributed by atoms with van der Waals surface area (Å²) in [5, 5.41) is 13.2. The van der Waals surface area contributed by atoms with E-state index in [1.165, 1.54) is 11.8 Å². The van der Waals surface area contributed by atoms with Crippen molar-refractivity contribution >= 4 is 15.8 Å². The van der Waals surface area contributed by atoms with Gasteiger partial charge >= 0.3 is 5.97 Å². The van der Waals surface area contributed by atoms with Crippen molar-refractivity contribution in [1.82, 2.24) is 10.2 Å². The third kappa shape index (κ3) is 4.14. The molecule has 1 saturated heterocycles. The van der Waals surface area contributed by atoms with Crippen LogP contribution in [0.5, 0.6) is 0 Å². The van der Waals surface area contributed by atoms with Crippen LogP contribution < -0.4 is 5.32 Å². The highest BCUT2D eigenvalue weighted by molar-refractivity contribution is 7.90. The number of nitrogens with zero attached hydrogens (tertiary/aromatic N) is 1. The highest BCUT2D eigenvalue weighted by Crippen LogP contribution is 2.44. The van der Waals surface area contributed by atoms with Gasteiger partial charge < -0.3 is 15.3 Å². The molecule has 0 saturated carbocycles. The molecular weight excluding hydrogens is 412 g/mol. The minimum Gasteiger partial charge on any atom is -0.478 e. The van der Waals surface area contributed by atoms with Crippen LogP contribution in [0, 0.1) is 0 Å². The molecule has 0 radical (unpaired) electrons. The number of sulfone groups is 1. The smallest absolute Gasteiger partial charge is 0.335 e. The largest absolute Gasteiger partial charge is 0.478 e. The van der Waals surface area contributed by atoms with Crippen LogP contribution >= 0.6 is 0 Å². The number of carbonyl (C=O) groups is 1. The standard InChI is InChI=1S/C24H30N2O4S/c1-24-11-13-26(2)21(15-17-6-7-18(23(27)28)14-20(17)24)22(24)25-12-10-16-4-8-19(9-5-16)31(3,29)30/h4-9,14,21-22,25H,10-13,15H2,1-3H3,(H,27,28)/t21-,22-,24?/m1/s1. The maximum atomic E-state index is 11.7. The lowest BCUT2D eigenvalue weighted by atomic mass is 9.61. The van der Waals surface area contributed by atoms with Crippen molar-refractivity contribution in [2.75, 3.05) is 26.4 Å². The summed E-state index contributed by atoms with van der Waals surface area (Å²) in [6.45, 7) is 4.02. The molecule has 4 rings (SSSR count). The second-order valence-electron chi connectivity index (χ2n) is 9.19. The number of aromatic carboxylic acids is 1. The Morgan fingerprint density at radius 3 is 2.58 bits per heavy atom. The van der Waals surface area contributed by atoms with Gasteiger partial charge in [-0.15, -0.1) is 0 Å². The molecular formula is C24H30N2O4S. The van der Waals surface area contributed by atoms with Gasteiger partial charge in [-0.3, -0.25) is 0 Å². The predicted octanol–water partition coefficient (Wildman–Crippen LogP) is 2.51. The Bertz CT molecular complexity index is 1100. The normalized spacial score (nSPS) is 25.8. The van der Waals surface area contributed by atoms with Crippen LogP contribution in [0.1, 0.15) is 40.4 Å². The van der Waals surface area contributed by atoms with Gasteiger partial charge in [0.05, 0.1) is 10.5 Å². The molecule has 0 amide bonds. The van der Waals surface area contributed by atoms with Crippen molar-refractivity contribution < 1.29 is 18.3 Å². The van der Waals surface area contributed by atoms with Crippen molar-refractivity contribution in [2.45, 2.75) is 48.6 Å². The molecule has 2 bridgehead atoms. The van der Waals surface area contributed by atoms with Crippen molar-refractivity contribution in [1.29, 1.82) is 0 Å². The number of rotatable bonds is 6. The van der Waals surface area contributed by atoms with Gasteiger partial charge in [0.15, 0.2) is 9.84 Å². The molecule has 1 aliphatic heterocycles. The molecule has 1 fully saturated rings. The van der Waals surface area contributed by atoms with Crippen LogP contribution in [0.4, 0.5) is 0 Å². The van der Waals surface area contributed by atoms with Crippen molar-refractivity contribution in [3.63, 3.8) is 0 Å². The molecule has 2 aromatic carbocycles. The zero-order chi connectivity index (χ0) is 22.4. The summed E-state index contributed by atoms with van der Waals surface area (Å²) in [5.74, 6) is -0.886. The van der Waals surface area contributed by atoms with E-state index in [0.717, 1.165) is 43.5 Å². The zero-order valence-corrected chi connectivity index (χ0v) is 19.1. The molecule has 7 heteroatoms. The summed E-state index contributed by atoms with van der Waals surface area (Å²) in [6, 6.07) is 13.2. The molecule has 31 heavy (non-hydrogen) atoms. The summed E-state index contributed by atoms with van der Waals surface area (Å²) >= 11 is 0. The Kier molecular flexibility index (Phi) is 5.70. The Balaban J connectivity index is 1.54. The average molecular weight is 443 g/mol. The van der Waals surface area contributed by atoms with Crippen LogP contribution in [0.25, 0.3) is 0 Å². The number of likely N-dealkylation sites (N-methyl/N-ethyl adjacent to an activating group) is 1. The van der Waals surface area contributed by atoms with Crippen LogP contribution in [-0.4, -0.2) is 62.9 Å². The number of hydrogen-bond acceptors (Lipinski definition) is 5. The van der Waals surface area contributed by atoms with Crippen molar-refractivity contribution in [3.05, 3.63) is 64.7 Å². The predicted molar refractivity (Wildman–Crippen MR) is 121 cm³/mol. The van der Waals surface area contributed by atoms with Crippen molar-refractivity contribution in [3.8, 4) is 0 Å². The first-order chi connectivity index (χ1) is 14.6. The molecule has 3 atom stereocenters. The second-order valence-corrected chi connectivity index (χ2v) is 11.2. The molecule has 1 unspecified atom stereocenters. The van der Waals surface area contributed by atoms with E-state index in [9.17, 15) is 18.3 Å². The van der Waals surface area contributed by atoms with Crippen LogP contribution in [0.15, 0.2) is 47.4 Å². The first-order valence-electron chi connectivity index (χ1n) is 10.7. The first kappa shape index (κ1) is 22.0. The Labute approximate surface area is 184 Å². The molecule has 2 aliphatic rings. The zero-order valence-electron chi connectivity index (χ0n) is 18.3. The van der Waals surface area contributed by atoms with E-state index in [0.29, 0.717) is 16.5 Å². The van der Waals surface area contributed by atoms with Gasteiger partial charge in [0.2, 0.25) is 0 Å². The number of nitrogens with one attached hydrogen (secondary N) is 1. The Morgan fingerprint density at radius 1 is 1.23 bits per heavy atom. The van der Waals surface area contributed by atoms with Crippen LogP contribution in [-0.2, 0) is 28.1 Å². The lowest BCUT2D eigenvalue weighted by Gasteiger charge is -2.55. The molecule has 1 heterocycles. The van der Waals surface area contributed by atoms with E-state index in [1.807, 2.05) is 24.3 Å². The lowest BCUT2D eigenvalue weighted by molar-refractivity contribution is 0.0654. The van der Waals surface area contributed by atoms with Gasteiger partial charge in [-0.05, 0) is 80.4 Å². The number of benzene rings is 2. The monoisotopic (exact) mass is 442 g/mol. The maximum Gasteiger partial charge on any atom is 0.335 e. The first-order valence-corrected chi connectivity index (χ1v) is 12.6. The Hall–Kier alpha value is -2.22. The van der Waals surface area contributed by atoms with Gasteiger partial charge in [0, 0.05) is 23.8 Å². The van der Waals surface area contributed by atoms with E-state index >= 15 is 0 Å². The molecule has 166 valence electrons. The number of carboxylic acids is 1. The summed E-state index contributed by atoms with van der Waals surface area (Å²) in [6.07, 6.45) is 3.89. The Morgan fingerprint density at radius 2 is 1.94 bits per heavy atom. The fraction of sp³-hybridized carbons (Fsp3) is 0.458. The third-order valence-corrected chi connectivity index (χ3v) is 8.28. The van der Waals surface area contributed by atoms with E-state index in [1.54, 1.807) is 18.2 Å². The topological polar surface area (TPSA) is 86.7 Å². The van der Waals surface area contributed by atoms with Crippen LogP contribution in [0.3, 0.4) is 0 Å². The van der Waals surface area contributed by atoms with E-state index < -0.39 is 15.8 Å². The highest BCUT2D eigenvalue weighted by atomic mass is 32.2. The molecule has 2 aromatic rings. The van der Waals surface area contributed by atoms with Gasteiger partial charge in [-0.2, -0.15) is 0 Å². The highest BCUT2D eigenvalue weighted by Gasteiger charge is 2.49. The van der Waals surface area contributed by atoms with Gasteiger partial charge in [0.1, 0.15) is 0 Å². The van der Waals surface area contributed by atoms with Crippen LogP contribution in [0.2, 0.25) is 0 Å². The fourth-order valence-corrected chi connectivity index (χ4v) is 5.90. The van der Waals surface area contributed by atoms with Gasteiger partial charge in [0.25, 0.3) is 0 Å². The summed E-state index contributed by atoms with van der Waals surface area (Å²) < 4.78 is 23.3.